The van der Waals surface area contributed by atoms with Crippen LogP contribution in [0.5, 0.6) is 0 Å². The number of nitrogens with one attached hydrogen (secondary N) is 2. The van der Waals surface area contributed by atoms with Crippen LogP contribution >= 0.6 is 0 Å². The molecular formula is C18H26N4O4. The normalized spacial score (nSPS) is 17.7. The molecular weight excluding hydrogens is 336 g/mol. The SMILES string of the molecule is CC(C)[C@@H](NC(=O)[C@H]1CCCN1C(=O)OCc1ccccc1)C(=O)NN. The predicted octanol–water partition coefficient (Wildman–Crippen LogP) is 0.918. The van der Waals surface area contributed by atoms with Crippen molar-refractivity contribution in [3.05, 3.63) is 35.9 Å². The van der Waals surface area contributed by atoms with Gasteiger partial charge in [0.05, 0.1) is 0 Å². The molecule has 1 fully saturated rings. The second-order valence-corrected chi connectivity index (χ2v) is 6.63. The first-order valence-corrected chi connectivity index (χ1v) is 8.72. The van der Waals surface area contributed by atoms with Gasteiger partial charge in [-0.3, -0.25) is 19.9 Å². The highest BCUT2D eigenvalue weighted by Crippen LogP contribution is 2.19. The van der Waals surface area contributed by atoms with Crippen molar-refractivity contribution in [2.45, 2.75) is 45.4 Å². The number of nitrogens with zero attached hydrogens (tertiary/aromatic N) is 1. The van der Waals surface area contributed by atoms with Gasteiger partial charge in [0.25, 0.3) is 5.91 Å². The molecule has 8 heteroatoms. The van der Waals surface area contributed by atoms with Crippen LogP contribution in [0.25, 0.3) is 0 Å². The Morgan fingerprint density at radius 1 is 1.27 bits per heavy atom. The number of rotatable bonds is 6. The molecule has 1 aliphatic heterocycles. The fraction of sp³-hybridized carbons (Fsp3) is 0.500. The van der Waals surface area contributed by atoms with E-state index in [1.807, 2.05) is 30.3 Å². The van der Waals surface area contributed by atoms with Crippen molar-refractivity contribution < 1.29 is 19.1 Å². The molecule has 142 valence electrons. The first-order valence-electron chi connectivity index (χ1n) is 8.72. The van der Waals surface area contributed by atoms with E-state index in [-0.39, 0.29) is 18.4 Å². The number of hydrogen-bond donors (Lipinski definition) is 3. The van der Waals surface area contributed by atoms with Gasteiger partial charge in [-0.25, -0.2) is 10.6 Å². The lowest BCUT2D eigenvalue weighted by Gasteiger charge is -2.26. The predicted molar refractivity (Wildman–Crippen MR) is 95.5 cm³/mol. The summed E-state index contributed by atoms with van der Waals surface area (Å²) >= 11 is 0. The summed E-state index contributed by atoms with van der Waals surface area (Å²) in [5.41, 5.74) is 2.93. The quantitative estimate of drug-likeness (QED) is 0.396. The summed E-state index contributed by atoms with van der Waals surface area (Å²) < 4.78 is 5.32. The lowest BCUT2D eigenvalue weighted by atomic mass is 10.0. The summed E-state index contributed by atoms with van der Waals surface area (Å²) in [4.78, 5) is 38.2. The van der Waals surface area contributed by atoms with E-state index in [4.69, 9.17) is 10.6 Å². The van der Waals surface area contributed by atoms with Crippen LogP contribution in [0.15, 0.2) is 30.3 Å². The first kappa shape index (κ1) is 19.7. The second-order valence-electron chi connectivity index (χ2n) is 6.63. The highest BCUT2D eigenvalue weighted by Gasteiger charge is 2.37. The zero-order valence-corrected chi connectivity index (χ0v) is 15.1. The maximum Gasteiger partial charge on any atom is 0.410 e. The summed E-state index contributed by atoms with van der Waals surface area (Å²) in [5.74, 6) is 4.20. The molecule has 0 radical (unpaired) electrons. The maximum atomic E-state index is 12.6. The van der Waals surface area contributed by atoms with Gasteiger partial charge in [0.1, 0.15) is 18.7 Å². The molecule has 4 N–H and O–H groups in total. The Morgan fingerprint density at radius 3 is 2.58 bits per heavy atom. The largest absolute Gasteiger partial charge is 0.445 e. The molecule has 0 unspecified atom stereocenters. The minimum Gasteiger partial charge on any atom is -0.445 e. The molecule has 2 rings (SSSR count). The second kappa shape index (κ2) is 9.19. The van der Waals surface area contributed by atoms with Gasteiger partial charge in [-0.05, 0) is 24.3 Å². The average molecular weight is 362 g/mol. The number of carbonyl (C=O) groups is 3. The minimum atomic E-state index is -0.754. The minimum absolute atomic E-state index is 0.137. The van der Waals surface area contributed by atoms with Crippen molar-refractivity contribution >= 4 is 17.9 Å². The van der Waals surface area contributed by atoms with Gasteiger partial charge in [0.15, 0.2) is 0 Å². The molecule has 1 aromatic rings. The fourth-order valence-electron chi connectivity index (χ4n) is 2.93. The van der Waals surface area contributed by atoms with Crippen molar-refractivity contribution in [1.29, 1.82) is 0 Å². The van der Waals surface area contributed by atoms with Crippen LogP contribution in [0.2, 0.25) is 0 Å². The Kier molecular flexibility index (Phi) is 6.97. The van der Waals surface area contributed by atoms with Gasteiger partial charge in [0.2, 0.25) is 5.91 Å². The van der Waals surface area contributed by atoms with Crippen molar-refractivity contribution in [3.8, 4) is 0 Å². The molecule has 26 heavy (non-hydrogen) atoms. The number of carbonyl (C=O) groups excluding carboxylic acids is 3. The van der Waals surface area contributed by atoms with E-state index < -0.39 is 24.1 Å². The van der Waals surface area contributed by atoms with E-state index in [0.717, 1.165) is 5.56 Å². The average Bonchev–Trinajstić information content (AvgIpc) is 3.14. The smallest absolute Gasteiger partial charge is 0.410 e. The van der Waals surface area contributed by atoms with Crippen LogP contribution in [0.3, 0.4) is 0 Å². The van der Waals surface area contributed by atoms with E-state index in [0.29, 0.717) is 19.4 Å². The van der Waals surface area contributed by atoms with Gasteiger partial charge >= 0.3 is 6.09 Å². The van der Waals surface area contributed by atoms with E-state index in [1.165, 1.54) is 4.90 Å². The summed E-state index contributed by atoms with van der Waals surface area (Å²) in [7, 11) is 0. The third kappa shape index (κ3) is 4.95. The Balaban J connectivity index is 1.96. The van der Waals surface area contributed by atoms with Gasteiger partial charge in [-0.15, -0.1) is 0 Å². The van der Waals surface area contributed by atoms with E-state index in [9.17, 15) is 14.4 Å². The van der Waals surface area contributed by atoms with Crippen molar-refractivity contribution in [2.75, 3.05) is 6.54 Å². The monoisotopic (exact) mass is 362 g/mol. The lowest BCUT2D eigenvalue weighted by Crippen LogP contribution is -2.56. The van der Waals surface area contributed by atoms with Crippen LogP contribution in [0.1, 0.15) is 32.3 Å². The lowest BCUT2D eigenvalue weighted by molar-refractivity contribution is -0.132. The molecule has 8 nitrogen and oxygen atoms in total. The highest BCUT2D eigenvalue weighted by molar-refractivity contribution is 5.91. The van der Waals surface area contributed by atoms with Crippen LogP contribution in [0.4, 0.5) is 4.79 Å². The molecule has 1 aromatic carbocycles. The van der Waals surface area contributed by atoms with Crippen LogP contribution in [-0.2, 0) is 20.9 Å². The molecule has 0 saturated carbocycles. The molecule has 2 atom stereocenters. The Morgan fingerprint density at radius 2 is 1.96 bits per heavy atom. The van der Waals surface area contributed by atoms with Gasteiger partial charge in [0, 0.05) is 6.54 Å². The molecule has 0 aliphatic carbocycles. The summed E-state index contributed by atoms with van der Waals surface area (Å²) in [6, 6.07) is 7.93. The number of benzene rings is 1. The molecule has 0 aromatic heterocycles. The van der Waals surface area contributed by atoms with Crippen molar-refractivity contribution in [2.24, 2.45) is 11.8 Å². The van der Waals surface area contributed by atoms with Gasteiger partial charge in [-0.1, -0.05) is 44.2 Å². The third-order valence-electron chi connectivity index (χ3n) is 4.38. The van der Waals surface area contributed by atoms with Crippen LogP contribution in [0, 0.1) is 5.92 Å². The number of amides is 3. The van der Waals surface area contributed by atoms with Gasteiger partial charge < -0.3 is 10.1 Å². The van der Waals surface area contributed by atoms with E-state index >= 15 is 0 Å². The molecule has 0 spiro atoms. The molecule has 3 amide bonds. The standard InChI is InChI=1S/C18H26N4O4/c1-12(2)15(17(24)21-19)20-16(23)14-9-6-10-22(14)18(25)26-11-13-7-4-3-5-8-13/h3-5,7-8,12,14-15H,6,9-11,19H2,1-2H3,(H,20,23)(H,21,24)/t14-,15-/m1/s1. The first-order chi connectivity index (χ1) is 12.4. The van der Waals surface area contributed by atoms with Crippen molar-refractivity contribution in [1.82, 2.24) is 15.6 Å². The van der Waals surface area contributed by atoms with Crippen LogP contribution in [-0.4, -0.2) is 41.4 Å². The number of hydrogen-bond acceptors (Lipinski definition) is 5. The maximum absolute atomic E-state index is 12.6. The summed E-state index contributed by atoms with van der Waals surface area (Å²) in [6.07, 6.45) is 0.700. The Bertz CT molecular complexity index is 635. The van der Waals surface area contributed by atoms with Gasteiger partial charge in [-0.2, -0.15) is 0 Å². The number of hydrazine groups is 1. The van der Waals surface area contributed by atoms with E-state index in [1.54, 1.807) is 13.8 Å². The third-order valence-corrected chi connectivity index (χ3v) is 4.38. The molecule has 1 saturated heterocycles. The van der Waals surface area contributed by atoms with E-state index in [2.05, 4.69) is 10.7 Å². The Hall–Kier alpha value is -2.61. The summed E-state index contributed by atoms with van der Waals surface area (Å²) in [5, 5.41) is 2.69. The van der Waals surface area contributed by atoms with Crippen molar-refractivity contribution in [3.63, 3.8) is 0 Å². The number of nitrogens with two attached hydrogens (primary N) is 1. The molecule has 1 aliphatic rings. The zero-order valence-electron chi connectivity index (χ0n) is 15.1. The van der Waals surface area contributed by atoms with Crippen LogP contribution < -0.4 is 16.6 Å². The molecule has 1 heterocycles. The topological polar surface area (TPSA) is 114 Å². The number of likely N-dealkylation sites (tertiary alicyclic amines) is 1. The number of ether oxygens (including phenoxy) is 1. The molecule has 0 bridgehead atoms. The fourth-order valence-corrected chi connectivity index (χ4v) is 2.93. The Labute approximate surface area is 153 Å². The highest BCUT2D eigenvalue weighted by atomic mass is 16.6. The summed E-state index contributed by atoms with van der Waals surface area (Å²) in [6.45, 7) is 4.21. The zero-order chi connectivity index (χ0) is 19.1.